The van der Waals surface area contributed by atoms with Gasteiger partial charge in [-0.2, -0.15) is 4.31 Å². The van der Waals surface area contributed by atoms with Crippen LogP contribution in [0, 0.1) is 0 Å². The predicted octanol–water partition coefficient (Wildman–Crippen LogP) is 2.01. The molecule has 0 radical (unpaired) electrons. The zero-order valence-electron chi connectivity index (χ0n) is 15.2. The molecule has 0 bridgehead atoms. The van der Waals surface area contributed by atoms with Crippen molar-refractivity contribution >= 4 is 19.9 Å². The van der Waals surface area contributed by atoms with E-state index in [1.54, 1.807) is 30.3 Å². The summed E-state index contributed by atoms with van der Waals surface area (Å²) in [5.74, 6) is 0.681. The van der Waals surface area contributed by atoms with E-state index >= 15 is 0 Å². The maximum atomic E-state index is 13.1. The third-order valence-electron chi connectivity index (χ3n) is 5.02. The van der Waals surface area contributed by atoms with E-state index in [-0.39, 0.29) is 30.2 Å². The summed E-state index contributed by atoms with van der Waals surface area (Å²) in [7, 11) is -7.29. The number of benzene rings is 2. The Balaban J connectivity index is 1.61. The number of sulfone groups is 1. The Morgan fingerprint density at radius 2 is 1.64 bits per heavy atom. The van der Waals surface area contributed by atoms with Crippen LogP contribution in [0.15, 0.2) is 53.4 Å². The molecule has 2 aliphatic heterocycles. The molecule has 7 nitrogen and oxygen atoms in total. The van der Waals surface area contributed by atoms with Crippen LogP contribution in [0.5, 0.6) is 11.5 Å². The first-order valence-electron chi connectivity index (χ1n) is 9.04. The molecule has 0 aliphatic carbocycles. The average Bonchev–Trinajstić information content (AvgIpc) is 2.86. The summed E-state index contributed by atoms with van der Waals surface area (Å²) in [6, 6.07) is 13.4. The molecule has 4 rings (SSSR count). The Kier molecular flexibility index (Phi) is 5.07. The summed E-state index contributed by atoms with van der Waals surface area (Å²) in [6.07, 6.45) is 0.218. The fourth-order valence-corrected chi connectivity index (χ4v) is 6.92. The summed E-state index contributed by atoms with van der Waals surface area (Å²) >= 11 is 0. The third kappa shape index (κ3) is 3.61. The number of sulfonamides is 1. The minimum Gasteiger partial charge on any atom is -0.486 e. The molecule has 0 spiro atoms. The number of rotatable bonds is 3. The van der Waals surface area contributed by atoms with E-state index in [4.69, 9.17) is 9.47 Å². The summed E-state index contributed by atoms with van der Waals surface area (Å²) < 4.78 is 63.9. The molecule has 1 unspecified atom stereocenters. The van der Waals surface area contributed by atoms with Gasteiger partial charge in [-0.25, -0.2) is 16.8 Å². The van der Waals surface area contributed by atoms with Crippen molar-refractivity contribution in [3.8, 4) is 11.5 Å². The Bertz CT molecular complexity index is 1070. The molecule has 1 atom stereocenters. The first-order chi connectivity index (χ1) is 13.4. The third-order valence-corrected chi connectivity index (χ3v) is 9.04. The lowest BCUT2D eigenvalue weighted by atomic mass is 10.1. The number of nitrogens with zero attached hydrogens (tertiary/aromatic N) is 1. The molecular formula is C19H21NO6S2. The highest BCUT2D eigenvalue weighted by Gasteiger charge is 2.36. The molecule has 2 aromatic carbocycles. The molecule has 2 heterocycles. The van der Waals surface area contributed by atoms with Crippen LogP contribution in [0.4, 0.5) is 0 Å². The van der Waals surface area contributed by atoms with Crippen LogP contribution < -0.4 is 9.47 Å². The number of fused-ring (bicyclic) bond motifs is 1. The van der Waals surface area contributed by atoms with E-state index in [0.717, 1.165) is 0 Å². The van der Waals surface area contributed by atoms with E-state index in [1.807, 2.05) is 6.07 Å². The zero-order chi connectivity index (χ0) is 19.8. The van der Waals surface area contributed by atoms with E-state index in [9.17, 15) is 16.8 Å². The molecule has 9 heteroatoms. The van der Waals surface area contributed by atoms with Gasteiger partial charge in [0, 0.05) is 19.2 Å². The molecule has 0 aromatic heterocycles. The monoisotopic (exact) mass is 423 g/mol. The Morgan fingerprint density at radius 1 is 0.929 bits per heavy atom. The van der Waals surface area contributed by atoms with Gasteiger partial charge in [0.15, 0.2) is 21.3 Å². The van der Waals surface area contributed by atoms with Crippen molar-refractivity contribution in [1.82, 2.24) is 4.31 Å². The van der Waals surface area contributed by atoms with Crippen molar-refractivity contribution in [1.29, 1.82) is 0 Å². The van der Waals surface area contributed by atoms with E-state index in [2.05, 4.69) is 0 Å². The Labute approximate surface area is 164 Å². The summed E-state index contributed by atoms with van der Waals surface area (Å²) in [4.78, 5) is 0.0762. The second kappa shape index (κ2) is 7.38. The quantitative estimate of drug-likeness (QED) is 0.750. The van der Waals surface area contributed by atoms with Crippen molar-refractivity contribution in [3.05, 3.63) is 54.1 Å². The maximum absolute atomic E-state index is 13.1. The fourth-order valence-electron chi connectivity index (χ4n) is 3.54. The van der Waals surface area contributed by atoms with Crippen molar-refractivity contribution in [3.63, 3.8) is 0 Å². The molecule has 2 aromatic rings. The highest BCUT2D eigenvalue weighted by atomic mass is 32.2. The summed E-state index contributed by atoms with van der Waals surface area (Å²) in [5.41, 5.74) is 0.695. The van der Waals surface area contributed by atoms with Crippen LogP contribution >= 0.6 is 0 Å². The second-order valence-electron chi connectivity index (χ2n) is 6.76. The SMILES string of the molecule is O=S1(=O)CCN(S(=O)(=O)c2ccc3c(c2)OCCO3)CCC1c1ccccc1. The summed E-state index contributed by atoms with van der Waals surface area (Å²) in [5, 5.41) is -0.700. The van der Waals surface area contributed by atoms with Gasteiger partial charge in [0.1, 0.15) is 13.2 Å². The molecule has 150 valence electrons. The lowest BCUT2D eigenvalue weighted by molar-refractivity contribution is 0.171. The van der Waals surface area contributed by atoms with Gasteiger partial charge in [-0.3, -0.25) is 0 Å². The lowest BCUT2D eigenvalue weighted by Crippen LogP contribution is -2.33. The predicted molar refractivity (Wildman–Crippen MR) is 104 cm³/mol. The molecule has 2 aliphatic rings. The Hall–Kier alpha value is -2.10. The van der Waals surface area contributed by atoms with Crippen LogP contribution in [-0.2, 0) is 19.9 Å². The smallest absolute Gasteiger partial charge is 0.243 e. The van der Waals surface area contributed by atoms with Gasteiger partial charge in [0.25, 0.3) is 0 Å². The fraction of sp³-hybridized carbons (Fsp3) is 0.368. The standard InChI is InChI=1S/C19H21NO6S2/c21-27(22)13-10-20(9-8-19(27)15-4-2-1-3-5-15)28(23,24)16-6-7-17-18(14-16)26-12-11-25-17/h1-7,14,19H,8-13H2. The van der Waals surface area contributed by atoms with E-state index in [0.29, 0.717) is 30.3 Å². The number of hydrogen-bond acceptors (Lipinski definition) is 6. The van der Waals surface area contributed by atoms with Crippen LogP contribution in [0.2, 0.25) is 0 Å². The topological polar surface area (TPSA) is 90.0 Å². The Morgan fingerprint density at radius 3 is 2.39 bits per heavy atom. The first-order valence-corrected chi connectivity index (χ1v) is 12.2. The van der Waals surface area contributed by atoms with Crippen LogP contribution in [0.3, 0.4) is 0 Å². The van der Waals surface area contributed by atoms with Crippen molar-refractivity contribution < 1.29 is 26.3 Å². The number of hydrogen-bond donors (Lipinski definition) is 0. The first kappa shape index (κ1) is 19.2. The zero-order valence-corrected chi connectivity index (χ0v) is 16.8. The van der Waals surface area contributed by atoms with Gasteiger partial charge in [-0.05, 0) is 24.1 Å². The van der Waals surface area contributed by atoms with Crippen LogP contribution in [0.1, 0.15) is 17.2 Å². The molecule has 1 fully saturated rings. The largest absolute Gasteiger partial charge is 0.486 e. The molecule has 0 N–H and O–H groups in total. The van der Waals surface area contributed by atoms with E-state index in [1.165, 1.54) is 16.4 Å². The van der Waals surface area contributed by atoms with Gasteiger partial charge >= 0.3 is 0 Å². The van der Waals surface area contributed by atoms with Gasteiger partial charge in [0.2, 0.25) is 10.0 Å². The van der Waals surface area contributed by atoms with Gasteiger partial charge in [0.05, 0.1) is 15.9 Å². The van der Waals surface area contributed by atoms with Crippen molar-refractivity contribution in [2.45, 2.75) is 16.6 Å². The highest BCUT2D eigenvalue weighted by Crippen LogP contribution is 2.35. The molecule has 0 amide bonds. The van der Waals surface area contributed by atoms with Crippen LogP contribution in [0.25, 0.3) is 0 Å². The van der Waals surface area contributed by atoms with Crippen molar-refractivity contribution in [2.75, 3.05) is 32.1 Å². The van der Waals surface area contributed by atoms with E-state index < -0.39 is 25.1 Å². The molecule has 28 heavy (non-hydrogen) atoms. The van der Waals surface area contributed by atoms with Gasteiger partial charge in [-0.1, -0.05) is 30.3 Å². The second-order valence-corrected chi connectivity index (χ2v) is 11.0. The minimum absolute atomic E-state index is 0.0670. The minimum atomic E-state index is -3.84. The average molecular weight is 424 g/mol. The normalized spacial score (nSPS) is 22.4. The number of ether oxygens (including phenoxy) is 2. The summed E-state index contributed by atoms with van der Waals surface area (Å²) in [6.45, 7) is 0.846. The highest BCUT2D eigenvalue weighted by molar-refractivity contribution is 7.92. The van der Waals surface area contributed by atoms with Gasteiger partial charge in [-0.15, -0.1) is 0 Å². The van der Waals surface area contributed by atoms with Gasteiger partial charge < -0.3 is 9.47 Å². The lowest BCUT2D eigenvalue weighted by Gasteiger charge is -2.22. The maximum Gasteiger partial charge on any atom is 0.243 e. The van der Waals surface area contributed by atoms with Crippen LogP contribution in [-0.4, -0.2) is 53.2 Å². The molecule has 1 saturated heterocycles. The molecule has 0 saturated carbocycles. The molecular weight excluding hydrogens is 402 g/mol. The van der Waals surface area contributed by atoms with Crippen molar-refractivity contribution in [2.24, 2.45) is 0 Å².